The third-order valence-corrected chi connectivity index (χ3v) is 2.98. The van der Waals surface area contributed by atoms with Crippen molar-refractivity contribution in [1.82, 2.24) is 5.32 Å². The molecule has 0 aliphatic rings. The first-order chi connectivity index (χ1) is 10.1. The summed E-state index contributed by atoms with van der Waals surface area (Å²) in [6, 6.07) is 7.19. The zero-order chi connectivity index (χ0) is 15.5. The Morgan fingerprint density at radius 1 is 1.19 bits per heavy atom. The second-order valence-electron chi connectivity index (χ2n) is 5.03. The van der Waals surface area contributed by atoms with Gasteiger partial charge in [0.15, 0.2) is 0 Å². The summed E-state index contributed by atoms with van der Waals surface area (Å²) in [5.74, 6) is 0.824. The monoisotopic (exact) mass is 313 g/mol. The Balaban J connectivity index is 1.99. The van der Waals surface area contributed by atoms with Crippen LogP contribution in [-0.2, 0) is 9.53 Å². The number of amides is 1. The SMILES string of the molecule is CC(C)OCCCNC(=O)CCCOc1ccc(Cl)cc1. The van der Waals surface area contributed by atoms with E-state index in [1.54, 1.807) is 12.1 Å². The largest absolute Gasteiger partial charge is 0.494 e. The van der Waals surface area contributed by atoms with E-state index in [4.69, 9.17) is 21.1 Å². The predicted molar refractivity (Wildman–Crippen MR) is 84.9 cm³/mol. The number of ether oxygens (including phenoxy) is 2. The van der Waals surface area contributed by atoms with E-state index < -0.39 is 0 Å². The maximum atomic E-state index is 11.6. The maximum absolute atomic E-state index is 11.6. The van der Waals surface area contributed by atoms with Gasteiger partial charge in [0, 0.05) is 24.6 Å². The van der Waals surface area contributed by atoms with E-state index in [2.05, 4.69) is 5.32 Å². The zero-order valence-corrected chi connectivity index (χ0v) is 13.5. The first-order valence-electron chi connectivity index (χ1n) is 7.34. The molecule has 0 aliphatic carbocycles. The van der Waals surface area contributed by atoms with Crippen LogP contribution in [0.3, 0.4) is 0 Å². The number of benzene rings is 1. The van der Waals surface area contributed by atoms with E-state index in [0.29, 0.717) is 37.6 Å². The van der Waals surface area contributed by atoms with Gasteiger partial charge >= 0.3 is 0 Å². The molecule has 4 nitrogen and oxygen atoms in total. The zero-order valence-electron chi connectivity index (χ0n) is 12.7. The minimum atomic E-state index is 0.0549. The van der Waals surface area contributed by atoms with Crippen LogP contribution in [0.1, 0.15) is 33.1 Å². The molecule has 1 amide bonds. The van der Waals surface area contributed by atoms with Crippen LogP contribution < -0.4 is 10.1 Å². The molecule has 21 heavy (non-hydrogen) atoms. The van der Waals surface area contributed by atoms with Crippen molar-refractivity contribution in [1.29, 1.82) is 0 Å². The summed E-state index contributed by atoms with van der Waals surface area (Å²) in [6.07, 6.45) is 2.24. The Morgan fingerprint density at radius 3 is 2.57 bits per heavy atom. The Morgan fingerprint density at radius 2 is 1.90 bits per heavy atom. The molecule has 1 aromatic rings. The molecular weight excluding hydrogens is 290 g/mol. The van der Waals surface area contributed by atoms with E-state index in [1.807, 2.05) is 26.0 Å². The van der Waals surface area contributed by atoms with Crippen molar-refractivity contribution in [3.63, 3.8) is 0 Å². The average Bonchev–Trinajstić information content (AvgIpc) is 2.45. The highest BCUT2D eigenvalue weighted by molar-refractivity contribution is 6.30. The fraction of sp³-hybridized carbons (Fsp3) is 0.562. The van der Waals surface area contributed by atoms with Gasteiger partial charge in [-0.2, -0.15) is 0 Å². The molecule has 0 spiro atoms. The van der Waals surface area contributed by atoms with Crippen molar-refractivity contribution < 1.29 is 14.3 Å². The van der Waals surface area contributed by atoms with Crippen LogP contribution in [0.2, 0.25) is 5.02 Å². The maximum Gasteiger partial charge on any atom is 0.220 e. The molecule has 0 saturated heterocycles. The Hall–Kier alpha value is -1.26. The highest BCUT2D eigenvalue weighted by Gasteiger charge is 2.01. The van der Waals surface area contributed by atoms with E-state index in [-0.39, 0.29) is 12.0 Å². The molecule has 0 aliphatic heterocycles. The third-order valence-electron chi connectivity index (χ3n) is 2.73. The molecule has 5 heteroatoms. The summed E-state index contributed by atoms with van der Waals surface area (Å²) in [5.41, 5.74) is 0. The van der Waals surface area contributed by atoms with Crippen LogP contribution in [0.4, 0.5) is 0 Å². The molecule has 0 heterocycles. The third kappa shape index (κ3) is 9.32. The van der Waals surface area contributed by atoms with E-state index >= 15 is 0 Å². The summed E-state index contributed by atoms with van der Waals surface area (Å²) < 4.78 is 10.9. The van der Waals surface area contributed by atoms with Gasteiger partial charge in [0.05, 0.1) is 12.7 Å². The number of hydrogen-bond acceptors (Lipinski definition) is 3. The van der Waals surface area contributed by atoms with Gasteiger partial charge in [0.2, 0.25) is 5.91 Å². The standard InChI is InChI=1S/C16H24ClNO3/c1-13(2)20-12-4-10-18-16(19)5-3-11-21-15-8-6-14(17)7-9-15/h6-9,13H,3-5,10-12H2,1-2H3,(H,18,19). The number of rotatable bonds is 10. The van der Waals surface area contributed by atoms with Crippen molar-refractivity contribution >= 4 is 17.5 Å². The quantitative estimate of drug-likeness (QED) is 0.673. The Bertz CT molecular complexity index is 406. The van der Waals surface area contributed by atoms with Gasteiger partial charge < -0.3 is 14.8 Å². The minimum absolute atomic E-state index is 0.0549. The number of hydrogen-bond donors (Lipinski definition) is 1. The number of nitrogens with one attached hydrogen (secondary N) is 1. The molecule has 1 N–H and O–H groups in total. The summed E-state index contributed by atoms with van der Waals surface area (Å²) >= 11 is 5.79. The van der Waals surface area contributed by atoms with E-state index in [9.17, 15) is 4.79 Å². The lowest BCUT2D eigenvalue weighted by Gasteiger charge is -2.09. The summed E-state index contributed by atoms with van der Waals surface area (Å²) in [5, 5.41) is 3.55. The molecule has 0 atom stereocenters. The van der Waals surface area contributed by atoms with E-state index in [1.165, 1.54) is 0 Å². The van der Waals surface area contributed by atoms with Crippen LogP contribution in [-0.4, -0.2) is 31.8 Å². The highest BCUT2D eigenvalue weighted by atomic mass is 35.5. The Kier molecular flexibility index (Phi) is 8.87. The smallest absolute Gasteiger partial charge is 0.220 e. The van der Waals surface area contributed by atoms with Gasteiger partial charge in [0.25, 0.3) is 0 Å². The molecule has 0 bridgehead atoms. The first kappa shape index (κ1) is 17.8. The molecule has 0 fully saturated rings. The molecule has 0 aromatic heterocycles. The van der Waals surface area contributed by atoms with Crippen molar-refractivity contribution in [3.8, 4) is 5.75 Å². The van der Waals surface area contributed by atoms with Gasteiger partial charge in [-0.05, 0) is 51.0 Å². The normalized spacial score (nSPS) is 10.7. The van der Waals surface area contributed by atoms with Crippen LogP contribution in [0.15, 0.2) is 24.3 Å². The topological polar surface area (TPSA) is 47.6 Å². The van der Waals surface area contributed by atoms with Crippen molar-refractivity contribution in [2.75, 3.05) is 19.8 Å². The summed E-state index contributed by atoms with van der Waals surface area (Å²) in [4.78, 5) is 11.6. The lowest BCUT2D eigenvalue weighted by molar-refractivity contribution is -0.121. The van der Waals surface area contributed by atoms with Gasteiger partial charge in [-0.1, -0.05) is 11.6 Å². The molecule has 1 rings (SSSR count). The number of carbonyl (C=O) groups is 1. The predicted octanol–water partition coefficient (Wildman–Crippen LogP) is 3.43. The lowest BCUT2D eigenvalue weighted by atomic mass is 10.3. The van der Waals surface area contributed by atoms with Crippen LogP contribution >= 0.6 is 11.6 Å². The molecule has 0 saturated carbocycles. The van der Waals surface area contributed by atoms with Crippen LogP contribution in [0, 0.1) is 0 Å². The second kappa shape index (κ2) is 10.5. The molecule has 0 radical (unpaired) electrons. The van der Waals surface area contributed by atoms with E-state index in [0.717, 1.165) is 12.2 Å². The number of halogens is 1. The van der Waals surface area contributed by atoms with Gasteiger partial charge in [-0.25, -0.2) is 0 Å². The van der Waals surface area contributed by atoms with Crippen molar-refractivity contribution in [2.45, 2.75) is 39.2 Å². The molecule has 1 aromatic carbocycles. The van der Waals surface area contributed by atoms with Crippen LogP contribution in [0.25, 0.3) is 0 Å². The average molecular weight is 314 g/mol. The fourth-order valence-corrected chi connectivity index (χ4v) is 1.79. The first-order valence-corrected chi connectivity index (χ1v) is 7.72. The Labute approximate surface area is 131 Å². The van der Waals surface area contributed by atoms with Gasteiger partial charge in [-0.15, -0.1) is 0 Å². The summed E-state index contributed by atoms with van der Waals surface area (Å²) in [6.45, 7) is 5.85. The lowest BCUT2D eigenvalue weighted by Crippen LogP contribution is -2.25. The molecule has 0 unspecified atom stereocenters. The molecular formula is C16H24ClNO3. The van der Waals surface area contributed by atoms with Crippen LogP contribution in [0.5, 0.6) is 5.75 Å². The second-order valence-corrected chi connectivity index (χ2v) is 5.47. The fourth-order valence-electron chi connectivity index (χ4n) is 1.66. The summed E-state index contributed by atoms with van der Waals surface area (Å²) in [7, 11) is 0. The molecule has 118 valence electrons. The highest BCUT2D eigenvalue weighted by Crippen LogP contribution is 2.15. The van der Waals surface area contributed by atoms with Gasteiger partial charge in [-0.3, -0.25) is 4.79 Å². The van der Waals surface area contributed by atoms with Crippen molar-refractivity contribution in [3.05, 3.63) is 29.3 Å². The number of carbonyl (C=O) groups excluding carboxylic acids is 1. The minimum Gasteiger partial charge on any atom is -0.494 e. The van der Waals surface area contributed by atoms with Crippen molar-refractivity contribution in [2.24, 2.45) is 0 Å². The van der Waals surface area contributed by atoms with Gasteiger partial charge in [0.1, 0.15) is 5.75 Å².